The Hall–Kier alpha value is -2.88. The lowest BCUT2D eigenvalue weighted by atomic mass is 10.0. The smallest absolute Gasteiger partial charge is 0.168 e. The maximum Gasteiger partial charge on any atom is 0.168 e. The second-order valence-corrected chi connectivity index (χ2v) is 7.37. The normalized spacial score (nSPS) is 11.4. The van der Waals surface area contributed by atoms with Crippen molar-refractivity contribution in [3.8, 4) is 23.0 Å². The van der Waals surface area contributed by atoms with Crippen LogP contribution in [0.15, 0.2) is 61.1 Å². The number of ether oxygens (including phenoxy) is 2. The molecule has 4 nitrogen and oxygen atoms in total. The Morgan fingerprint density at radius 1 is 0.700 bits per heavy atom. The minimum atomic E-state index is 0.157. The molecule has 162 valence electrons. The minimum Gasteiger partial charge on any atom is -0.504 e. The first-order valence-electron chi connectivity index (χ1n) is 10.9. The van der Waals surface area contributed by atoms with Crippen molar-refractivity contribution in [1.82, 2.24) is 0 Å². The fourth-order valence-corrected chi connectivity index (χ4v) is 2.99. The van der Waals surface area contributed by atoms with Crippen molar-refractivity contribution >= 4 is 0 Å². The van der Waals surface area contributed by atoms with Gasteiger partial charge in [-0.15, -0.1) is 0 Å². The highest BCUT2D eigenvalue weighted by Gasteiger charge is 2.05. The topological polar surface area (TPSA) is 58.9 Å². The first-order chi connectivity index (χ1) is 14.6. The Morgan fingerprint density at radius 3 is 1.53 bits per heavy atom. The molecule has 2 aromatic rings. The van der Waals surface area contributed by atoms with Gasteiger partial charge in [0.2, 0.25) is 0 Å². The standard InChI is InChI=1S/C26H34O4/c1-3-5-9-17-29-25-19-21(13-15-23(25)27)11-7-8-12-22-14-16-24(28)26(20-22)30-18-10-6-4-2/h9-10,13-20,27-28H,3-8,11-12H2,1-2H3. The third kappa shape index (κ3) is 8.24. The van der Waals surface area contributed by atoms with Gasteiger partial charge in [0.1, 0.15) is 0 Å². The summed E-state index contributed by atoms with van der Waals surface area (Å²) in [7, 11) is 0. The SMILES string of the molecule is CCCC=COc1cc(CCCCc2ccc(O)c(OC=CCCC)c2)ccc1O. The summed E-state index contributed by atoms with van der Waals surface area (Å²) < 4.78 is 11.1. The molecule has 0 aliphatic rings. The Balaban J connectivity index is 1.83. The number of aryl methyl sites for hydroxylation is 2. The van der Waals surface area contributed by atoms with E-state index in [4.69, 9.17) is 9.47 Å². The molecule has 30 heavy (non-hydrogen) atoms. The average molecular weight is 411 g/mol. The molecule has 0 saturated heterocycles. The van der Waals surface area contributed by atoms with E-state index in [9.17, 15) is 10.2 Å². The predicted octanol–water partition coefficient (Wildman–Crippen LogP) is 7.05. The Kier molecular flexibility index (Phi) is 10.4. The van der Waals surface area contributed by atoms with Gasteiger partial charge in [-0.1, -0.05) is 38.8 Å². The highest BCUT2D eigenvalue weighted by Crippen LogP contribution is 2.29. The van der Waals surface area contributed by atoms with Crippen molar-refractivity contribution in [1.29, 1.82) is 0 Å². The Labute approximate surface area is 180 Å². The van der Waals surface area contributed by atoms with Gasteiger partial charge in [-0.25, -0.2) is 0 Å². The molecular formula is C26H34O4. The molecule has 0 amide bonds. The molecule has 0 aromatic heterocycles. The Bertz CT molecular complexity index is 754. The summed E-state index contributed by atoms with van der Waals surface area (Å²) in [6.07, 6.45) is 15.1. The van der Waals surface area contributed by atoms with E-state index in [0.29, 0.717) is 11.5 Å². The molecule has 0 bridgehead atoms. The zero-order chi connectivity index (χ0) is 21.6. The highest BCUT2D eigenvalue weighted by molar-refractivity contribution is 5.43. The Morgan fingerprint density at radius 2 is 1.13 bits per heavy atom. The van der Waals surface area contributed by atoms with Gasteiger partial charge in [0.25, 0.3) is 0 Å². The number of hydrogen-bond acceptors (Lipinski definition) is 4. The van der Waals surface area contributed by atoms with E-state index in [1.807, 2.05) is 36.4 Å². The van der Waals surface area contributed by atoms with Gasteiger partial charge < -0.3 is 19.7 Å². The number of aromatic hydroxyl groups is 2. The molecule has 4 heteroatoms. The number of phenolic OH excluding ortho intramolecular Hbond substituents is 2. The third-order valence-electron chi connectivity index (χ3n) is 4.72. The van der Waals surface area contributed by atoms with Gasteiger partial charge in [0, 0.05) is 0 Å². The van der Waals surface area contributed by atoms with Crippen LogP contribution in [0, 0.1) is 0 Å². The first-order valence-corrected chi connectivity index (χ1v) is 10.9. The van der Waals surface area contributed by atoms with E-state index in [1.165, 1.54) is 0 Å². The van der Waals surface area contributed by atoms with Gasteiger partial charge in [-0.3, -0.25) is 0 Å². The van der Waals surface area contributed by atoms with Crippen LogP contribution in [0.4, 0.5) is 0 Å². The van der Waals surface area contributed by atoms with E-state index in [0.717, 1.165) is 62.5 Å². The van der Waals surface area contributed by atoms with Gasteiger partial charge in [-0.05, 0) is 86.1 Å². The molecule has 0 aliphatic heterocycles. The number of phenols is 2. The quantitative estimate of drug-likeness (QED) is 0.274. The van der Waals surface area contributed by atoms with Crippen LogP contribution >= 0.6 is 0 Å². The van der Waals surface area contributed by atoms with Crippen molar-refractivity contribution in [3.05, 3.63) is 72.2 Å². The van der Waals surface area contributed by atoms with Gasteiger partial charge in [0.05, 0.1) is 12.5 Å². The molecule has 0 fully saturated rings. The van der Waals surface area contributed by atoms with Crippen LogP contribution in [0.5, 0.6) is 23.0 Å². The van der Waals surface area contributed by atoms with E-state index in [1.54, 1.807) is 24.7 Å². The number of hydrogen-bond donors (Lipinski definition) is 2. The lowest BCUT2D eigenvalue weighted by Gasteiger charge is -2.08. The molecule has 0 aliphatic carbocycles. The lowest BCUT2D eigenvalue weighted by Crippen LogP contribution is -1.92. The summed E-state index contributed by atoms with van der Waals surface area (Å²) in [5, 5.41) is 19.9. The number of allylic oxidation sites excluding steroid dienone is 2. The maximum atomic E-state index is 9.96. The van der Waals surface area contributed by atoms with E-state index in [-0.39, 0.29) is 11.5 Å². The monoisotopic (exact) mass is 410 g/mol. The number of rotatable bonds is 13. The van der Waals surface area contributed by atoms with Crippen molar-refractivity contribution in [2.45, 2.75) is 65.2 Å². The van der Waals surface area contributed by atoms with Crippen molar-refractivity contribution in [2.75, 3.05) is 0 Å². The van der Waals surface area contributed by atoms with Gasteiger partial charge in [-0.2, -0.15) is 0 Å². The molecule has 2 rings (SSSR count). The van der Waals surface area contributed by atoms with Crippen LogP contribution in [-0.2, 0) is 12.8 Å². The predicted molar refractivity (Wildman–Crippen MR) is 122 cm³/mol. The molecule has 0 heterocycles. The molecular weight excluding hydrogens is 376 g/mol. The summed E-state index contributed by atoms with van der Waals surface area (Å²) in [5.41, 5.74) is 2.28. The summed E-state index contributed by atoms with van der Waals surface area (Å²) >= 11 is 0. The molecule has 2 N–H and O–H groups in total. The second-order valence-electron chi connectivity index (χ2n) is 7.37. The third-order valence-corrected chi connectivity index (χ3v) is 4.72. The number of benzene rings is 2. The fraction of sp³-hybridized carbons (Fsp3) is 0.385. The van der Waals surface area contributed by atoms with Crippen LogP contribution in [0.1, 0.15) is 63.5 Å². The molecule has 0 radical (unpaired) electrons. The second kappa shape index (κ2) is 13.4. The van der Waals surface area contributed by atoms with E-state index in [2.05, 4.69) is 13.8 Å². The van der Waals surface area contributed by atoms with Crippen LogP contribution in [-0.4, -0.2) is 10.2 Å². The average Bonchev–Trinajstić information content (AvgIpc) is 2.75. The van der Waals surface area contributed by atoms with Crippen molar-refractivity contribution < 1.29 is 19.7 Å². The molecule has 0 spiro atoms. The van der Waals surface area contributed by atoms with E-state index >= 15 is 0 Å². The maximum absolute atomic E-state index is 9.96. The molecule has 2 aromatic carbocycles. The molecule has 0 atom stereocenters. The van der Waals surface area contributed by atoms with Crippen LogP contribution in [0.2, 0.25) is 0 Å². The fourth-order valence-electron chi connectivity index (χ4n) is 2.99. The largest absolute Gasteiger partial charge is 0.504 e. The molecule has 0 unspecified atom stereocenters. The van der Waals surface area contributed by atoms with Crippen LogP contribution in [0.25, 0.3) is 0 Å². The summed E-state index contributed by atoms with van der Waals surface area (Å²) in [4.78, 5) is 0. The van der Waals surface area contributed by atoms with Gasteiger partial charge >= 0.3 is 0 Å². The lowest BCUT2D eigenvalue weighted by molar-refractivity contribution is 0.408. The van der Waals surface area contributed by atoms with Crippen LogP contribution in [0.3, 0.4) is 0 Å². The van der Waals surface area contributed by atoms with Gasteiger partial charge in [0.15, 0.2) is 23.0 Å². The zero-order valence-corrected chi connectivity index (χ0v) is 18.1. The molecule has 0 saturated carbocycles. The van der Waals surface area contributed by atoms with E-state index < -0.39 is 0 Å². The number of unbranched alkanes of at least 4 members (excludes halogenated alkanes) is 3. The summed E-state index contributed by atoms with van der Waals surface area (Å²) in [5.74, 6) is 1.31. The van der Waals surface area contributed by atoms with Crippen molar-refractivity contribution in [2.24, 2.45) is 0 Å². The van der Waals surface area contributed by atoms with Crippen LogP contribution < -0.4 is 9.47 Å². The highest BCUT2D eigenvalue weighted by atomic mass is 16.5. The first kappa shape index (κ1) is 23.4. The minimum absolute atomic E-state index is 0.157. The summed E-state index contributed by atoms with van der Waals surface area (Å²) in [6.45, 7) is 4.22. The van der Waals surface area contributed by atoms with Crippen molar-refractivity contribution in [3.63, 3.8) is 0 Å². The zero-order valence-electron chi connectivity index (χ0n) is 18.1. The summed E-state index contributed by atoms with van der Waals surface area (Å²) in [6, 6.07) is 11.1.